The van der Waals surface area contributed by atoms with Crippen molar-refractivity contribution in [2.45, 2.75) is 27.2 Å². The van der Waals surface area contributed by atoms with Gasteiger partial charge in [-0.25, -0.2) is 0 Å². The second-order valence-corrected chi connectivity index (χ2v) is 5.59. The predicted molar refractivity (Wildman–Crippen MR) is 76.5 cm³/mol. The van der Waals surface area contributed by atoms with Crippen LogP contribution in [-0.2, 0) is 0 Å². The van der Waals surface area contributed by atoms with Crippen molar-refractivity contribution in [1.29, 1.82) is 0 Å². The molecular formula is C16H23NO2. The van der Waals surface area contributed by atoms with Crippen LogP contribution in [0.15, 0.2) is 24.3 Å². The van der Waals surface area contributed by atoms with Crippen molar-refractivity contribution in [2.24, 2.45) is 11.8 Å². The Labute approximate surface area is 115 Å². The molecule has 0 bridgehead atoms. The minimum atomic E-state index is 0.0995. The number of carbonyl (C=O) groups is 1. The van der Waals surface area contributed by atoms with Gasteiger partial charge in [0.05, 0.1) is 12.2 Å². The van der Waals surface area contributed by atoms with E-state index in [1.54, 1.807) is 0 Å². The fraction of sp³-hybridized carbons (Fsp3) is 0.562. The van der Waals surface area contributed by atoms with Crippen LogP contribution >= 0.6 is 0 Å². The van der Waals surface area contributed by atoms with Gasteiger partial charge in [0.1, 0.15) is 5.75 Å². The molecule has 0 radical (unpaired) electrons. The molecule has 0 aromatic heterocycles. The molecule has 1 aromatic rings. The summed E-state index contributed by atoms with van der Waals surface area (Å²) in [5.41, 5.74) is 0.686. The van der Waals surface area contributed by atoms with E-state index in [-0.39, 0.29) is 5.91 Å². The number of para-hydroxylation sites is 1. The first kappa shape index (κ1) is 13.9. The standard InChI is InChI=1S/C16H23NO2/c1-4-19-15-8-6-5-7-14(15)16(18)17-10-12(2)9-13(3)11-17/h5-8,12-13H,4,9-11H2,1-3H3/t12-,13-/m0/s1. The number of hydrogen-bond donors (Lipinski definition) is 0. The van der Waals surface area contributed by atoms with Gasteiger partial charge in [-0.05, 0) is 37.3 Å². The molecule has 1 saturated heterocycles. The normalized spacial score (nSPS) is 23.2. The number of piperidine rings is 1. The number of benzene rings is 1. The van der Waals surface area contributed by atoms with E-state index in [2.05, 4.69) is 13.8 Å². The summed E-state index contributed by atoms with van der Waals surface area (Å²) >= 11 is 0. The Morgan fingerprint density at radius 1 is 1.26 bits per heavy atom. The number of ether oxygens (including phenoxy) is 1. The first-order chi connectivity index (χ1) is 9.11. The monoisotopic (exact) mass is 261 g/mol. The molecule has 104 valence electrons. The van der Waals surface area contributed by atoms with Crippen molar-refractivity contribution < 1.29 is 9.53 Å². The maximum atomic E-state index is 12.6. The van der Waals surface area contributed by atoms with E-state index in [9.17, 15) is 4.79 Å². The molecule has 0 unspecified atom stereocenters. The van der Waals surface area contributed by atoms with Gasteiger partial charge in [-0.1, -0.05) is 26.0 Å². The molecule has 2 atom stereocenters. The molecule has 1 aliphatic rings. The third kappa shape index (κ3) is 3.28. The predicted octanol–water partition coefficient (Wildman–Crippen LogP) is 3.20. The summed E-state index contributed by atoms with van der Waals surface area (Å²) in [6.07, 6.45) is 1.21. The highest BCUT2D eigenvalue weighted by Crippen LogP contribution is 2.25. The Balaban J connectivity index is 2.19. The van der Waals surface area contributed by atoms with Crippen LogP contribution in [0.25, 0.3) is 0 Å². The minimum Gasteiger partial charge on any atom is -0.493 e. The average molecular weight is 261 g/mol. The zero-order valence-electron chi connectivity index (χ0n) is 12.1. The summed E-state index contributed by atoms with van der Waals surface area (Å²) in [4.78, 5) is 14.6. The van der Waals surface area contributed by atoms with Crippen LogP contribution in [-0.4, -0.2) is 30.5 Å². The molecule has 1 heterocycles. The van der Waals surface area contributed by atoms with Crippen molar-refractivity contribution in [1.82, 2.24) is 4.90 Å². The molecule has 1 amide bonds. The van der Waals surface area contributed by atoms with Gasteiger partial charge in [0.15, 0.2) is 0 Å². The third-order valence-electron chi connectivity index (χ3n) is 3.57. The lowest BCUT2D eigenvalue weighted by molar-refractivity contribution is 0.0619. The Hall–Kier alpha value is -1.51. The molecule has 0 N–H and O–H groups in total. The molecule has 2 rings (SSSR count). The summed E-state index contributed by atoms with van der Waals surface area (Å²) in [5, 5.41) is 0. The lowest BCUT2D eigenvalue weighted by Gasteiger charge is -2.35. The lowest BCUT2D eigenvalue weighted by Crippen LogP contribution is -2.42. The molecule has 1 fully saturated rings. The maximum absolute atomic E-state index is 12.6. The van der Waals surface area contributed by atoms with E-state index in [1.807, 2.05) is 36.1 Å². The van der Waals surface area contributed by atoms with Gasteiger partial charge in [-0.3, -0.25) is 4.79 Å². The summed E-state index contributed by atoms with van der Waals surface area (Å²) in [6, 6.07) is 7.53. The highest BCUT2D eigenvalue weighted by atomic mass is 16.5. The smallest absolute Gasteiger partial charge is 0.257 e. The van der Waals surface area contributed by atoms with Gasteiger partial charge in [0, 0.05) is 13.1 Å². The number of hydrogen-bond acceptors (Lipinski definition) is 2. The van der Waals surface area contributed by atoms with Crippen molar-refractivity contribution in [3.63, 3.8) is 0 Å². The zero-order chi connectivity index (χ0) is 13.8. The first-order valence-electron chi connectivity index (χ1n) is 7.13. The van der Waals surface area contributed by atoms with Gasteiger partial charge in [-0.15, -0.1) is 0 Å². The molecule has 1 aromatic carbocycles. The molecule has 1 aliphatic heterocycles. The van der Waals surface area contributed by atoms with Crippen molar-refractivity contribution in [3.8, 4) is 5.75 Å². The molecule has 19 heavy (non-hydrogen) atoms. The van der Waals surface area contributed by atoms with E-state index in [0.717, 1.165) is 13.1 Å². The Bertz CT molecular complexity index is 434. The summed E-state index contributed by atoms with van der Waals surface area (Å²) < 4.78 is 5.56. The first-order valence-corrected chi connectivity index (χ1v) is 7.13. The van der Waals surface area contributed by atoms with Gasteiger partial charge >= 0.3 is 0 Å². The summed E-state index contributed by atoms with van der Waals surface area (Å²) in [5.74, 6) is 1.95. The van der Waals surface area contributed by atoms with Crippen LogP contribution in [0.4, 0.5) is 0 Å². The Kier molecular flexibility index (Phi) is 4.46. The van der Waals surface area contributed by atoms with Crippen molar-refractivity contribution >= 4 is 5.91 Å². The van der Waals surface area contributed by atoms with Gasteiger partial charge in [-0.2, -0.15) is 0 Å². The number of amides is 1. The largest absolute Gasteiger partial charge is 0.493 e. The van der Waals surface area contributed by atoms with E-state index in [0.29, 0.717) is 29.8 Å². The van der Waals surface area contributed by atoms with Crippen molar-refractivity contribution in [2.75, 3.05) is 19.7 Å². The third-order valence-corrected chi connectivity index (χ3v) is 3.57. The topological polar surface area (TPSA) is 29.5 Å². The van der Waals surface area contributed by atoms with E-state index in [4.69, 9.17) is 4.74 Å². The quantitative estimate of drug-likeness (QED) is 0.836. The fourth-order valence-corrected chi connectivity index (χ4v) is 2.92. The molecule has 0 saturated carbocycles. The molecule has 3 nitrogen and oxygen atoms in total. The SMILES string of the molecule is CCOc1ccccc1C(=O)N1C[C@@H](C)C[C@H](C)C1. The van der Waals surface area contributed by atoms with Gasteiger partial charge < -0.3 is 9.64 Å². The van der Waals surface area contributed by atoms with Crippen LogP contribution in [0.5, 0.6) is 5.75 Å². The number of carbonyl (C=O) groups excluding carboxylic acids is 1. The Morgan fingerprint density at radius 3 is 2.53 bits per heavy atom. The molecule has 3 heteroatoms. The van der Waals surface area contributed by atoms with E-state index in [1.165, 1.54) is 6.42 Å². The molecule has 0 aliphatic carbocycles. The average Bonchev–Trinajstić information content (AvgIpc) is 2.38. The van der Waals surface area contributed by atoms with Crippen LogP contribution in [0.3, 0.4) is 0 Å². The van der Waals surface area contributed by atoms with Gasteiger partial charge in [0.25, 0.3) is 5.91 Å². The molecule has 0 spiro atoms. The fourth-order valence-electron chi connectivity index (χ4n) is 2.92. The number of nitrogens with zero attached hydrogens (tertiary/aromatic N) is 1. The highest BCUT2D eigenvalue weighted by Gasteiger charge is 2.27. The number of likely N-dealkylation sites (tertiary alicyclic amines) is 1. The van der Waals surface area contributed by atoms with E-state index >= 15 is 0 Å². The van der Waals surface area contributed by atoms with Crippen molar-refractivity contribution in [3.05, 3.63) is 29.8 Å². The summed E-state index contributed by atoms with van der Waals surface area (Å²) in [6.45, 7) is 8.64. The maximum Gasteiger partial charge on any atom is 0.257 e. The van der Waals surface area contributed by atoms with Crippen LogP contribution in [0.2, 0.25) is 0 Å². The van der Waals surface area contributed by atoms with E-state index < -0.39 is 0 Å². The number of rotatable bonds is 3. The highest BCUT2D eigenvalue weighted by molar-refractivity contribution is 5.97. The second-order valence-electron chi connectivity index (χ2n) is 5.59. The zero-order valence-corrected chi connectivity index (χ0v) is 12.1. The van der Waals surface area contributed by atoms with Crippen LogP contribution < -0.4 is 4.74 Å². The molecular weight excluding hydrogens is 238 g/mol. The second kappa shape index (κ2) is 6.09. The van der Waals surface area contributed by atoms with Crippen LogP contribution in [0, 0.1) is 11.8 Å². The summed E-state index contributed by atoms with van der Waals surface area (Å²) in [7, 11) is 0. The lowest BCUT2D eigenvalue weighted by atomic mass is 9.91. The Morgan fingerprint density at radius 2 is 1.89 bits per heavy atom. The minimum absolute atomic E-state index is 0.0995. The van der Waals surface area contributed by atoms with Gasteiger partial charge in [0.2, 0.25) is 0 Å². The van der Waals surface area contributed by atoms with Crippen LogP contribution in [0.1, 0.15) is 37.6 Å².